The Kier molecular flexibility index (Phi) is 3.84. The second-order valence-corrected chi connectivity index (χ2v) is 7.77. The van der Waals surface area contributed by atoms with E-state index < -0.39 is 0 Å². The highest BCUT2D eigenvalue weighted by molar-refractivity contribution is 7.24. The lowest BCUT2D eigenvalue weighted by molar-refractivity contribution is 0.262. The number of benzene rings is 2. The number of aryl methyl sites for hydroxylation is 1. The van der Waals surface area contributed by atoms with Gasteiger partial charge in [0.2, 0.25) is 0 Å². The van der Waals surface area contributed by atoms with Crippen molar-refractivity contribution < 1.29 is 4.79 Å². The third-order valence-corrected chi connectivity index (χ3v) is 5.53. The SMILES string of the molecule is Cc1nc2c(ccc3nc(NC(=O)Nc4ccc(Cl)cc4)sc32)s1. The maximum absolute atomic E-state index is 12.1. The second-order valence-electron chi connectivity index (χ2n) is 5.10. The van der Waals surface area contributed by atoms with Gasteiger partial charge < -0.3 is 5.32 Å². The minimum absolute atomic E-state index is 0.345. The number of anilines is 2. The fourth-order valence-electron chi connectivity index (χ4n) is 2.33. The van der Waals surface area contributed by atoms with E-state index in [1.165, 1.54) is 11.3 Å². The molecule has 4 rings (SSSR count). The number of amides is 2. The van der Waals surface area contributed by atoms with E-state index in [0.717, 1.165) is 25.4 Å². The van der Waals surface area contributed by atoms with Crippen LogP contribution < -0.4 is 10.6 Å². The molecule has 2 aromatic carbocycles. The fourth-order valence-corrected chi connectivity index (χ4v) is 4.31. The van der Waals surface area contributed by atoms with E-state index in [-0.39, 0.29) is 6.03 Å². The predicted octanol–water partition coefficient (Wildman–Crippen LogP) is 5.51. The Labute approximate surface area is 150 Å². The average molecular weight is 375 g/mol. The molecule has 2 amide bonds. The zero-order valence-electron chi connectivity index (χ0n) is 12.5. The first-order valence-electron chi connectivity index (χ1n) is 7.09. The van der Waals surface area contributed by atoms with Crippen LogP contribution in [0.5, 0.6) is 0 Å². The largest absolute Gasteiger partial charge is 0.325 e. The van der Waals surface area contributed by atoms with Crippen LogP contribution in [-0.4, -0.2) is 16.0 Å². The Bertz CT molecular complexity index is 1060. The quantitative estimate of drug-likeness (QED) is 0.486. The van der Waals surface area contributed by atoms with E-state index in [0.29, 0.717) is 15.8 Å². The van der Waals surface area contributed by atoms with Gasteiger partial charge in [0, 0.05) is 10.7 Å². The van der Waals surface area contributed by atoms with Gasteiger partial charge in [-0.25, -0.2) is 14.8 Å². The first-order chi connectivity index (χ1) is 11.6. The lowest BCUT2D eigenvalue weighted by Crippen LogP contribution is -2.19. The van der Waals surface area contributed by atoms with Crippen molar-refractivity contribution in [1.82, 2.24) is 9.97 Å². The number of hydrogen-bond donors (Lipinski definition) is 2. The molecule has 2 heterocycles. The summed E-state index contributed by atoms with van der Waals surface area (Å²) in [6, 6.07) is 10.5. The van der Waals surface area contributed by atoms with E-state index in [1.807, 2.05) is 19.1 Å². The van der Waals surface area contributed by atoms with Crippen LogP contribution in [0, 0.1) is 6.92 Å². The number of hydrogen-bond acceptors (Lipinski definition) is 5. The normalized spacial score (nSPS) is 11.1. The van der Waals surface area contributed by atoms with Crippen molar-refractivity contribution in [2.24, 2.45) is 0 Å². The second kappa shape index (κ2) is 6.01. The van der Waals surface area contributed by atoms with Gasteiger partial charge in [0.1, 0.15) is 5.52 Å². The molecule has 0 saturated carbocycles. The number of fused-ring (bicyclic) bond motifs is 3. The maximum Gasteiger partial charge on any atom is 0.325 e. The van der Waals surface area contributed by atoms with Crippen molar-refractivity contribution in [2.45, 2.75) is 6.92 Å². The van der Waals surface area contributed by atoms with Crippen LogP contribution >= 0.6 is 34.3 Å². The van der Waals surface area contributed by atoms with Crippen molar-refractivity contribution in [3.05, 3.63) is 46.4 Å². The van der Waals surface area contributed by atoms with Crippen molar-refractivity contribution in [1.29, 1.82) is 0 Å². The smallest absolute Gasteiger partial charge is 0.308 e. The molecular formula is C16H11ClN4OS2. The van der Waals surface area contributed by atoms with Crippen LogP contribution in [0.2, 0.25) is 5.02 Å². The van der Waals surface area contributed by atoms with Crippen molar-refractivity contribution in [3.8, 4) is 0 Å². The number of carbonyl (C=O) groups is 1. The molecular weight excluding hydrogens is 364 g/mol. The molecule has 4 aromatic rings. The molecule has 0 fully saturated rings. The van der Waals surface area contributed by atoms with Gasteiger partial charge in [-0.15, -0.1) is 11.3 Å². The van der Waals surface area contributed by atoms with Gasteiger partial charge in [-0.05, 0) is 43.3 Å². The molecule has 0 saturated heterocycles. The van der Waals surface area contributed by atoms with Crippen LogP contribution in [0.25, 0.3) is 20.4 Å². The van der Waals surface area contributed by atoms with Gasteiger partial charge in [0.05, 0.1) is 19.9 Å². The number of halogens is 1. The lowest BCUT2D eigenvalue weighted by Gasteiger charge is -2.04. The van der Waals surface area contributed by atoms with Crippen LogP contribution in [0.4, 0.5) is 15.6 Å². The molecule has 24 heavy (non-hydrogen) atoms. The van der Waals surface area contributed by atoms with Crippen molar-refractivity contribution >= 4 is 71.6 Å². The molecule has 0 radical (unpaired) electrons. The summed E-state index contributed by atoms with van der Waals surface area (Å²) in [7, 11) is 0. The fraction of sp³-hybridized carbons (Fsp3) is 0.0625. The Morgan fingerprint density at radius 2 is 1.83 bits per heavy atom. The van der Waals surface area contributed by atoms with Gasteiger partial charge in [-0.1, -0.05) is 22.9 Å². The van der Waals surface area contributed by atoms with E-state index >= 15 is 0 Å². The highest BCUT2D eigenvalue weighted by Crippen LogP contribution is 2.34. The summed E-state index contributed by atoms with van der Waals surface area (Å²) in [6.07, 6.45) is 0. The van der Waals surface area contributed by atoms with Gasteiger partial charge in [0.15, 0.2) is 5.13 Å². The molecule has 0 aliphatic rings. The lowest BCUT2D eigenvalue weighted by atomic mass is 10.3. The van der Waals surface area contributed by atoms with Gasteiger partial charge >= 0.3 is 6.03 Å². The minimum atomic E-state index is -0.345. The Morgan fingerprint density at radius 3 is 2.62 bits per heavy atom. The predicted molar refractivity (Wildman–Crippen MR) is 102 cm³/mol. The van der Waals surface area contributed by atoms with Crippen molar-refractivity contribution in [3.63, 3.8) is 0 Å². The van der Waals surface area contributed by atoms with E-state index in [4.69, 9.17) is 11.6 Å². The number of rotatable bonds is 2. The minimum Gasteiger partial charge on any atom is -0.308 e. The number of aromatic nitrogens is 2. The highest BCUT2D eigenvalue weighted by atomic mass is 35.5. The van der Waals surface area contributed by atoms with E-state index in [9.17, 15) is 4.79 Å². The summed E-state index contributed by atoms with van der Waals surface area (Å²) < 4.78 is 2.11. The molecule has 0 bridgehead atoms. The molecule has 5 nitrogen and oxygen atoms in total. The van der Waals surface area contributed by atoms with Gasteiger partial charge in [0.25, 0.3) is 0 Å². The number of nitrogens with zero attached hydrogens (tertiary/aromatic N) is 2. The number of nitrogens with one attached hydrogen (secondary N) is 2. The molecule has 0 atom stereocenters. The average Bonchev–Trinajstić information content (AvgIpc) is 3.11. The first-order valence-corrected chi connectivity index (χ1v) is 9.10. The first kappa shape index (κ1) is 15.3. The van der Waals surface area contributed by atoms with Crippen molar-refractivity contribution in [2.75, 3.05) is 10.6 Å². The number of thiazole rings is 2. The summed E-state index contributed by atoms with van der Waals surface area (Å²) in [4.78, 5) is 21.1. The molecule has 2 aromatic heterocycles. The highest BCUT2D eigenvalue weighted by Gasteiger charge is 2.12. The van der Waals surface area contributed by atoms with Crippen LogP contribution in [0.15, 0.2) is 36.4 Å². The maximum atomic E-state index is 12.1. The standard InChI is InChI=1S/C16H11ClN4OS2/c1-8-18-13-12(23-8)7-6-11-14(13)24-16(20-11)21-15(22)19-10-4-2-9(17)3-5-10/h2-7H,1H3,(H2,19,20,21,22). The van der Waals surface area contributed by atoms with Crippen LogP contribution in [0.3, 0.4) is 0 Å². The summed E-state index contributed by atoms with van der Waals surface area (Å²) in [5, 5.41) is 7.69. The van der Waals surface area contributed by atoms with Crippen LogP contribution in [-0.2, 0) is 0 Å². The third kappa shape index (κ3) is 2.93. The monoisotopic (exact) mass is 374 g/mol. The van der Waals surface area contributed by atoms with E-state index in [2.05, 4.69) is 20.6 Å². The zero-order valence-corrected chi connectivity index (χ0v) is 14.9. The van der Waals surface area contributed by atoms with Gasteiger partial charge in [-0.2, -0.15) is 0 Å². The summed E-state index contributed by atoms with van der Waals surface area (Å²) in [5.41, 5.74) is 2.44. The number of urea groups is 1. The Hall–Kier alpha value is -2.22. The molecule has 0 aliphatic carbocycles. The summed E-state index contributed by atoms with van der Waals surface area (Å²) in [6.45, 7) is 1.98. The zero-order chi connectivity index (χ0) is 16.7. The topological polar surface area (TPSA) is 66.9 Å². The molecule has 0 spiro atoms. The van der Waals surface area contributed by atoms with E-state index in [1.54, 1.807) is 35.6 Å². The molecule has 0 aliphatic heterocycles. The molecule has 8 heteroatoms. The number of carbonyl (C=O) groups excluding carboxylic acids is 1. The molecule has 2 N–H and O–H groups in total. The molecule has 120 valence electrons. The third-order valence-electron chi connectivity index (χ3n) is 3.34. The summed E-state index contributed by atoms with van der Waals surface area (Å²) in [5.74, 6) is 0. The van der Waals surface area contributed by atoms with Crippen LogP contribution in [0.1, 0.15) is 5.01 Å². The molecule has 0 unspecified atom stereocenters. The Morgan fingerprint density at radius 1 is 1.04 bits per heavy atom. The van der Waals surface area contributed by atoms with Gasteiger partial charge in [-0.3, -0.25) is 5.32 Å². The Balaban J connectivity index is 1.58. The summed E-state index contributed by atoms with van der Waals surface area (Å²) >= 11 is 8.90.